The summed E-state index contributed by atoms with van der Waals surface area (Å²) in [6.07, 6.45) is 9.95. The van der Waals surface area contributed by atoms with Crippen molar-refractivity contribution in [2.24, 2.45) is 5.41 Å². The fourth-order valence-electron chi connectivity index (χ4n) is 3.96. The Morgan fingerprint density at radius 2 is 2.00 bits per heavy atom. The van der Waals surface area contributed by atoms with Crippen molar-refractivity contribution in [3.8, 4) is 5.75 Å². The summed E-state index contributed by atoms with van der Waals surface area (Å²) >= 11 is 0. The van der Waals surface area contributed by atoms with Crippen LogP contribution in [0.15, 0.2) is 18.2 Å². The van der Waals surface area contributed by atoms with Gasteiger partial charge < -0.3 is 9.47 Å². The molecule has 2 aliphatic carbocycles. The van der Waals surface area contributed by atoms with Crippen molar-refractivity contribution >= 4 is 0 Å². The van der Waals surface area contributed by atoms with E-state index >= 15 is 0 Å². The van der Waals surface area contributed by atoms with Crippen LogP contribution in [-0.4, -0.2) is 19.3 Å². The number of hydrogen-bond donors (Lipinski definition) is 0. The Balaban J connectivity index is 1.55. The molecule has 0 aromatic heterocycles. The fraction of sp³-hybridized carbons (Fsp3) is 0.647. The van der Waals surface area contributed by atoms with Crippen LogP contribution in [0.5, 0.6) is 5.75 Å². The molecule has 1 saturated carbocycles. The van der Waals surface area contributed by atoms with E-state index in [1.54, 1.807) is 0 Å². The van der Waals surface area contributed by atoms with Gasteiger partial charge in [-0.15, -0.1) is 0 Å². The standard InChI is InChI=1S/C17H22O2/c1-2-7-17(8-3-1)9-13-5-4-6-16(15(13)10-17)19-12-14-11-18-14/h4-6,14H,1-3,7-12H2. The van der Waals surface area contributed by atoms with Gasteiger partial charge in [0.15, 0.2) is 0 Å². The highest BCUT2D eigenvalue weighted by molar-refractivity contribution is 5.45. The normalized spacial score (nSPS) is 27.3. The molecule has 2 heteroatoms. The highest BCUT2D eigenvalue weighted by Crippen LogP contribution is 2.49. The van der Waals surface area contributed by atoms with Gasteiger partial charge in [-0.05, 0) is 48.3 Å². The molecule has 19 heavy (non-hydrogen) atoms. The Labute approximate surface area is 115 Å². The van der Waals surface area contributed by atoms with E-state index in [1.165, 1.54) is 56.1 Å². The lowest BCUT2D eigenvalue weighted by molar-refractivity contribution is 0.200. The van der Waals surface area contributed by atoms with Gasteiger partial charge >= 0.3 is 0 Å². The molecule has 0 amide bonds. The van der Waals surface area contributed by atoms with Gasteiger partial charge in [-0.1, -0.05) is 31.4 Å². The summed E-state index contributed by atoms with van der Waals surface area (Å²) in [6.45, 7) is 1.60. The van der Waals surface area contributed by atoms with Crippen molar-refractivity contribution in [1.29, 1.82) is 0 Å². The van der Waals surface area contributed by atoms with Crippen molar-refractivity contribution in [2.75, 3.05) is 13.2 Å². The molecule has 1 saturated heterocycles. The Morgan fingerprint density at radius 3 is 2.79 bits per heavy atom. The molecule has 1 unspecified atom stereocenters. The molecule has 1 aromatic rings. The van der Waals surface area contributed by atoms with Crippen molar-refractivity contribution in [1.82, 2.24) is 0 Å². The molecule has 0 bridgehead atoms. The average molecular weight is 258 g/mol. The average Bonchev–Trinajstić information content (AvgIpc) is 3.18. The van der Waals surface area contributed by atoms with Gasteiger partial charge in [0.05, 0.1) is 6.61 Å². The summed E-state index contributed by atoms with van der Waals surface area (Å²) in [6, 6.07) is 6.60. The monoisotopic (exact) mass is 258 g/mol. The van der Waals surface area contributed by atoms with Crippen LogP contribution in [0.25, 0.3) is 0 Å². The number of rotatable bonds is 3. The van der Waals surface area contributed by atoms with Crippen LogP contribution >= 0.6 is 0 Å². The quantitative estimate of drug-likeness (QED) is 0.774. The molecular formula is C17H22O2. The van der Waals surface area contributed by atoms with Crippen LogP contribution in [0.1, 0.15) is 43.2 Å². The van der Waals surface area contributed by atoms with Crippen LogP contribution in [0.3, 0.4) is 0 Å². The van der Waals surface area contributed by atoms with E-state index < -0.39 is 0 Å². The van der Waals surface area contributed by atoms with Crippen molar-refractivity contribution in [2.45, 2.75) is 51.0 Å². The topological polar surface area (TPSA) is 21.8 Å². The van der Waals surface area contributed by atoms with E-state index in [2.05, 4.69) is 18.2 Å². The van der Waals surface area contributed by atoms with Crippen molar-refractivity contribution < 1.29 is 9.47 Å². The first-order valence-corrected chi connectivity index (χ1v) is 7.70. The number of hydrogen-bond acceptors (Lipinski definition) is 2. The minimum atomic E-state index is 0.348. The third-order valence-corrected chi connectivity index (χ3v) is 5.09. The van der Waals surface area contributed by atoms with Gasteiger partial charge in [0.25, 0.3) is 0 Å². The van der Waals surface area contributed by atoms with E-state index in [0.717, 1.165) is 19.0 Å². The maximum absolute atomic E-state index is 5.98. The minimum absolute atomic E-state index is 0.348. The van der Waals surface area contributed by atoms with Crippen LogP contribution in [0.4, 0.5) is 0 Å². The molecule has 1 atom stereocenters. The highest BCUT2D eigenvalue weighted by Gasteiger charge is 2.39. The SMILES string of the molecule is c1cc2c(c(OCC3CO3)c1)CC1(CCCCC1)C2. The predicted molar refractivity (Wildman–Crippen MR) is 74.6 cm³/mol. The second-order valence-electron chi connectivity index (χ2n) is 6.57. The van der Waals surface area contributed by atoms with E-state index in [1.807, 2.05) is 0 Å². The van der Waals surface area contributed by atoms with Crippen molar-refractivity contribution in [3.05, 3.63) is 29.3 Å². The van der Waals surface area contributed by atoms with Crippen LogP contribution in [-0.2, 0) is 17.6 Å². The summed E-state index contributed by atoms with van der Waals surface area (Å²) < 4.78 is 11.2. The maximum atomic E-state index is 5.98. The Kier molecular flexibility index (Phi) is 2.80. The van der Waals surface area contributed by atoms with Crippen LogP contribution in [0, 0.1) is 5.41 Å². The number of ether oxygens (including phenoxy) is 2. The summed E-state index contributed by atoms with van der Waals surface area (Å²) in [5.41, 5.74) is 3.59. The smallest absolute Gasteiger partial charge is 0.122 e. The Morgan fingerprint density at radius 1 is 1.16 bits per heavy atom. The Bertz CT molecular complexity index is 470. The van der Waals surface area contributed by atoms with Gasteiger partial charge in [0, 0.05) is 0 Å². The third kappa shape index (κ3) is 2.27. The van der Waals surface area contributed by atoms with Gasteiger partial charge in [0.2, 0.25) is 0 Å². The lowest BCUT2D eigenvalue weighted by Gasteiger charge is -2.33. The zero-order chi connectivity index (χ0) is 12.7. The summed E-state index contributed by atoms with van der Waals surface area (Å²) in [5.74, 6) is 1.12. The van der Waals surface area contributed by atoms with E-state index in [0.29, 0.717) is 11.5 Å². The molecule has 1 aromatic carbocycles. The molecule has 2 nitrogen and oxygen atoms in total. The van der Waals surface area contributed by atoms with Gasteiger partial charge in [-0.25, -0.2) is 0 Å². The molecule has 0 radical (unpaired) electrons. The van der Waals surface area contributed by atoms with Crippen LogP contribution in [0.2, 0.25) is 0 Å². The molecule has 1 heterocycles. The fourth-order valence-corrected chi connectivity index (χ4v) is 3.96. The molecular weight excluding hydrogens is 236 g/mol. The third-order valence-electron chi connectivity index (χ3n) is 5.09. The lowest BCUT2D eigenvalue weighted by Crippen LogP contribution is -2.24. The molecule has 4 rings (SSSR count). The molecule has 0 N–H and O–H groups in total. The minimum Gasteiger partial charge on any atom is -0.490 e. The summed E-state index contributed by atoms with van der Waals surface area (Å²) in [4.78, 5) is 0. The summed E-state index contributed by atoms with van der Waals surface area (Å²) in [7, 11) is 0. The van der Waals surface area contributed by atoms with Crippen molar-refractivity contribution in [3.63, 3.8) is 0 Å². The zero-order valence-corrected chi connectivity index (χ0v) is 11.5. The molecule has 2 fully saturated rings. The molecule has 3 aliphatic rings. The summed E-state index contributed by atoms with van der Waals surface area (Å²) in [5, 5.41) is 0. The predicted octanol–water partition coefficient (Wildman–Crippen LogP) is 3.51. The molecule has 1 spiro atoms. The number of benzene rings is 1. The first-order chi connectivity index (χ1) is 9.35. The lowest BCUT2D eigenvalue weighted by atomic mass is 9.72. The first-order valence-electron chi connectivity index (χ1n) is 7.70. The van der Waals surface area contributed by atoms with E-state index in [-0.39, 0.29) is 0 Å². The zero-order valence-electron chi connectivity index (χ0n) is 11.5. The second kappa shape index (κ2) is 4.52. The molecule has 1 aliphatic heterocycles. The molecule has 102 valence electrons. The Hall–Kier alpha value is -1.02. The van der Waals surface area contributed by atoms with Crippen LogP contribution < -0.4 is 4.74 Å². The largest absolute Gasteiger partial charge is 0.490 e. The number of fused-ring (bicyclic) bond motifs is 1. The number of epoxide rings is 1. The first kappa shape index (κ1) is 11.8. The van der Waals surface area contributed by atoms with Gasteiger partial charge in [-0.2, -0.15) is 0 Å². The van der Waals surface area contributed by atoms with E-state index in [9.17, 15) is 0 Å². The maximum Gasteiger partial charge on any atom is 0.122 e. The second-order valence-corrected chi connectivity index (χ2v) is 6.57. The highest BCUT2D eigenvalue weighted by atomic mass is 16.6. The van der Waals surface area contributed by atoms with E-state index in [4.69, 9.17) is 9.47 Å². The van der Waals surface area contributed by atoms with Gasteiger partial charge in [0.1, 0.15) is 18.5 Å². The van der Waals surface area contributed by atoms with Gasteiger partial charge in [-0.3, -0.25) is 0 Å².